The van der Waals surface area contributed by atoms with Crippen molar-refractivity contribution in [3.63, 3.8) is 0 Å². The molecule has 1 fully saturated rings. The maximum Gasteiger partial charge on any atom is 0.435 e. The summed E-state index contributed by atoms with van der Waals surface area (Å²) < 4.78 is 125. The Labute approximate surface area is 170 Å². The van der Waals surface area contributed by atoms with E-state index in [2.05, 4.69) is 4.74 Å². The first-order valence-electron chi connectivity index (χ1n) is 8.99. The molecule has 0 saturated carbocycles. The van der Waals surface area contributed by atoms with Gasteiger partial charge in [-0.05, 0) is 24.3 Å². The third-order valence-electron chi connectivity index (χ3n) is 4.81. The number of hydrogen-bond donors (Lipinski definition) is 0. The van der Waals surface area contributed by atoms with Crippen molar-refractivity contribution in [2.24, 2.45) is 5.92 Å². The molecule has 1 aromatic rings. The van der Waals surface area contributed by atoms with Gasteiger partial charge in [-0.2, -0.15) is 39.5 Å². The quantitative estimate of drug-likeness (QED) is 0.539. The number of hydrogen-bond acceptors (Lipinski definition) is 3. The average Bonchev–Trinajstić information content (AvgIpc) is 2.64. The Morgan fingerprint density at radius 1 is 0.871 bits per heavy atom. The molecule has 0 unspecified atom stereocenters. The van der Waals surface area contributed by atoms with Crippen molar-refractivity contribution in [2.45, 2.75) is 43.6 Å². The van der Waals surface area contributed by atoms with E-state index >= 15 is 0 Å². The van der Waals surface area contributed by atoms with Gasteiger partial charge in [0.15, 0.2) is 0 Å². The highest BCUT2D eigenvalue weighted by Crippen LogP contribution is 2.55. The van der Waals surface area contributed by atoms with Gasteiger partial charge >= 0.3 is 30.2 Å². The lowest BCUT2D eigenvalue weighted by Gasteiger charge is -2.39. The van der Waals surface area contributed by atoms with E-state index in [1.807, 2.05) is 0 Å². The van der Waals surface area contributed by atoms with E-state index in [0.717, 1.165) is 0 Å². The number of benzene rings is 1. The van der Waals surface area contributed by atoms with Crippen molar-refractivity contribution in [3.05, 3.63) is 35.9 Å². The molecule has 1 aromatic carbocycles. The SMILES string of the molecule is O=C(OCc1ccccc1)N1CCC(COC(C(F)(F)F)(C(F)(F)F)C(F)(F)F)CC1. The van der Waals surface area contributed by atoms with Crippen LogP contribution in [0.2, 0.25) is 0 Å². The number of halogens is 9. The van der Waals surface area contributed by atoms with Crippen LogP contribution in [0.25, 0.3) is 0 Å². The van der Waals surface area contributed by atoms with Gasteiger partial charge in [0.25, 0.3) is 0 Å². The molecule has 1 aliphatic heterocycles. The minimum Gasteiger partial charge on any atom is -0.445 e. The van der Waals surface area contributed by atoms with Crippen LogP contribution in [0.4, 0.5) is 44.3 Å². The van der Waals surface area contributed by atoms with Gasteiger partial charge in [-0.25, -0.2) is 4.79 Å². The monoisotopic (exact) mass is 467 g/mol. The summed E-state index contributed by atoms with van der Waals surface area (Å²) in [6.45, 7) is -1.70. The van der Waals surface area contributed by atoms with Gasteiger partial charge in [0, 0.05) is 13.1 Å². The van der Waals surface area contributed by atoms with Crippen LogP contribution >= 0.6 is 0 Å². The summed E-state index contributed by atoms with van der Waals surface area (Å²) in [6.07, 6.45) is -21.3. The number of nitrogens with zero attached hydrogens (tertiary/aromatic N) is 1. The standard InChI is InChI=1S/C18H18F9NO3/c19-16(20,21)15(17(22,23)24,18(25,26)27)31-11-13-6-8-28(9-7-13)14(29)30-10-12-4-2-1-3-5-12/h1-5,13H,6-11H2. The van der Waals surface area contributed by atoms with Crippen LogP contribution in [0.5, 0.6) is 0 Å². The van der Waals surface area contributed by atoms with Gasteiger partial charge in [-0.3, -0.25) is 0 Å². The van der Waals surface area contributed by atoms with E-state index in [-0.39, 0.29) is 32.5 Å². The molecule has 1 aliphatic rings. The number of carbonyl (C=O) groups excluding carboxylic acids is 1. The molecule has 0 spiro atoms. The Morgan fingerprint density at radius 2 is 1.35 bits per heavy atom. The molecule has 0 aromatic heterocycles. The zero-order valence-electron chi connectivity index (χ0n) is 15.8. The predicted molar refractivity (Wildman–Crippen MR) is 87.8 cm³/mol. The van der Waals surface area contributed by atoms with Crippen LogP contribution in [-0.2, 0) is 16.1 Å². The maximum absolute atomic E-state index is 12.9. The fourth-order valence-electron chi connectivity index (χ4n) is 3.06. The van der Waals surface area contributed by atoms with E-state index in [9.17, 15) is 44.3 Å². The number of rotatable bonds is 5. The number of piperidine rings is 1. The topological polar surface area (TPSA) is 38.8 Å². The number of carbonyl (C=O) groups is 1. The van der Waals surface area contributed by atoms with E-state index in [1.165, 1.54) is 4.90 Å². The van der Waals surface area contributed by atoms with Gasteiger partial charge in [0.1, 0.15) is 6.61 Å². The largest absolute Gasteiger partial charge is 0.445 e. The van der Waals surface area contributed by atoms with Gasteiger partial charge in [0.2, 0.25) is 0 Å². The lowest BCUT2D eigenvalue weighted by atomic mass is 9.96. The Bertz CT molecular complexity index is 687. The maximum atomic E-state index is 12.9. The summed E-state index contributed by atoms with van der Waals surface area (Å²) >= 11 is 0. The fourth-order valence-corrected chi connectivity index (χ4v) is 3.06. The molecular weight excluding hydrogens is 449 g/mol. The third kappa shape index (κ3) is 5.55. The highest BCUT2D eigenvalue weighted by molar-refractivity contribution is 5.67. The van der Waals surface area contributed by atoms with Crippen molar-refractivity contribution in [3.8, 4) is 0 Å². The van der Waals surface area contributed by atoms with Gasteiger partial charge < -0.3 is 14.4 Å². The fraction of sp³-hybridized carbons (Fsp3) is 0.611. The summed E-state index contributed by atoms with van der Waals surface area (Å²) in [4.78, 5) is 13.2. The highest BCUT2D eigenvalue weighted by Gasteiger charge is 2.85. The molecule has 0 bridgehead atoms. The van der Waals surface area contributed by atoms with Crippen LogP contribution in [0.15, 0.2) is 30.3 Å². The molecule has 0 aliphatic carbocycles. The van der Waals surface area contributed by atoms with E-state index in [0.29, 0.717) is 5.56 Å². The van der Waals surface area contributed by atoms with Crippen LogP contribution < -0.4 is 0 Å². The molecule has 0 atom stereocenters. The molecule has 1 saturated heterocycles. The number of likely N-dealkylation sites (tertiary alicyclic amines) is 1. The van der Waals surface area contributed by atoms with Crippen molar-refractivity contribution in [2.75, 3.05) is 19.7 Å². The first-order chi connectivity index (χ1) is 14.2. The Morgan fingerprint density at radius 3 is 1.81 bits per heavy atom. The van der Waals surface area contributed by atoms with E-state index in [4.69, 9.17) is 4.74 Å². The molecule has 0 N–H and O–H groups in total. The molecule has 1 amide bonds. The molecule has 2 rings (SSSR count). The third-order valence-corrected chi connectivity index (χ3v) is 4.81. The molecule has 1 heterocycles. The van der Waals surface area contributed by atoms with Crippen LogP contribution in [0.1, 0.15) is 18.4 Å². The van der Waals surface area contributed by atoms with Crippen LogP contribution in [0.3, 0.4) is 0 Å². The number of alkyl halides is 9. The van der Waals surface area contributed by atoms with Crippen molar-refractivity contribution >= 4 is 6.09 Å². The Hall–Kier alpha value is -2.18. The second-order valence-electron chi connectivity index (χ2n) is 6.96. The van der Waals surface area contributed by atoms with Gasteiger partial charge in [0.05, 0.1) is 6.61 Å². The summed E-state index contributed by atoms with van der Waals surface area (Å²) in [5, 5.41) is 0. The molecular formula is C18H18F9NO3. The first-order valence-corrected chi connectivity index (χ1v) is 8.99. The lowest BCUT2D eigenvalue weighted by molar-refractivity contribution is -0.458. The van der Waals surface area contributed by atoms with Crippen LogP contribution in [0, 0.1) is 5.92 Å². The van der Waals surface area contributed by atoms with Gasteiger partial charge in [-0.15, -0.1) is 0 Å². The van der Waals surface area contributed by atoms with E-state index in [1.54, 1.807) is 30.3 Å². The minimum absolute atomic E-state index is 0.0476. The second-order valence-corrected chi connectivity index (χ2v) is 6.96. The Balaban J connectivity index is 1.94. The van der Waals surface area contributed by atoms with Crippen molar-refractivity contribution < 1.29 is 53.8 Å². The zero-order valence-corrected chi connectivity index (χ0v) is 15.8. The Kier molecular flexibility index (Phi) is 7.39. The number of amides is 1. The highest BCUT2D eigenvalue weighted by atomic mass is 19.4. The molecule has 4 nitrogen and oxygen atoms in total. The molecule has 176 valence electrons. The van der Waals surface area contributed by atoms with Crippen molar-refractivity contribution in [1.29, 1.82) is 0 Å². The normalized spacial score (nSPS) is 17.0. The summed E-state index contributed by atoms with van der Waals surface area (Å²) in [6, 6.07) is 8.59. The molecule has 31 heavy (non-hydrogen) atoms. The summed E-state index contributed by atoms with van der Waals surface area (Å²) in [7, 11) is 0. The molecule has 0 radical (unpaired) electrons. The number of ether oxygens (including phenoxy) is 2. The average molecular weight is 467 g/mol. The van der Waals surface area contributed by atoms with E-state index < -0.39 is 42.7 Å². The predicted octanol–water partition coefficient (Wildman–Crippen LogP) is 5.48. The zero-order chi connectivity index (χ0) is 23.5. The van der Waals surface area contributed by atoms with Crippen molar-refractivity contribution in [1.82, 2.24) is 4.90 Å². The molecule has 13 heteroatoms. The summed E-state index contributed by atoms with van der Waals surface area (Å²) in [5.74, 6) is -1.04. The second kappa shape index (κ2) is 9.13. The lowest BCUT2D eigenvalue weighted by Crippen LogP contribution is -2.68. The minimum atomic E-state index is -6.76. The first kappa shape index (κ1) is 25.1. The van der Waals surface area contributed by atoms with Gasteiger partial charge in [-0.1, -0.05) is 30.3 Å². The van der Waals surface area contributed by atoms with Crippen LogP contribution in [-0.4, -0.2) is 54.8 Å². The smallest absolute Gasteiger partial charge is 0.435 e. The summed E-state index contributed by atoms with van der Waals surface area (Å²) in [5.41, 5.74) is -5.58.